The van der Waals surface area contributed by atoms with Crippen LogP contribution in [0.3, 0.4) is 0 Å². The number of hydrogen-bond donors (Lipinski definition) is 1. The Balaban J connectivity index is 3.06. The van der Waals surface area contributed by atoms with Crippen molar-refractivity contribution in [1.82, 2.24) is 4.98 Å². The first kappa shape index (κ1) is 16.9. The molecule has 0 fully saturated rings. The van der Waals surface area contributed by atoms with E-state index in [0.717, 1.165) is 18.2 Å². The van der Waals surface area contributed by atoms with Crippen molar-refractivity contribution in [3.8, 4) is 0 Å². The molecular formula is C14H24N2O3S. The lowest BCUT2D eigenvalue weighted by Crippen LogP contribution is -2.31. The predicted molar refractivity (Wildman–Crippen MR) is 81.7 cm³/mol. The van der Waals surface area contributed by atoms with Crippen LogP contribution in [0.2, 0.25) is 0 Å². The molecule has 1 N–H and O–H groups in total. The van der Waals surface area contributed by atoms with E-state index in [1.807, 2.05) is 0 Å². The number of hydrogen-bond acceptors (Lipinski definition) is 5. The molecule has 1 rings (SSSR count). The monoisotopic (exact) mass is 300 g/mol. The Morgan fingerprint density at radius 2 is 1.85 bits per heavy atom. The van der Waals surface area contributed by atoms with Crippen molar-refractivity contribution in [1.29, 1.82) is 0 Å². The molecule has 1 aromatic rings. The first-order valence-corrected chi connectivity index (χ1v) is 7.63. The Morgan fingerprint density at radius 3 is 2.25 bits per heavy atom. The van der Waals surface area contributed by atoms with Crippen LogP contribution in [0.4, 0.5) is 5.13 Å². The van der Waals surface area contributed by atoms with Crippen molar-refractivity contribution >= 4 is 22.4 Å². The highest BCUT2D eigenvalue weighted by Crippen LogP contribution is 2.28. The maximum atomic E-state index is 11.3. The van der Waals surface area contributed by atoms with Crippen LogP contribution in [-0.2, 0) is 11.3 Å². The summed E-state index contributed by atoms with van der Waals surface area (Å²) in [5, 5.41) is 10.0. The lowest BCUT2D eigenvalue weighted by Gasteiger charge is -2.25. The Labute approximate surface area is 124 Å². The number of aromatic carboxylic acids is 1. The van der Waals surface area contributed by atoms with E-state index in [1.165, 1.54) is 11.3 Å². The number of ether oxygens (including phenoxy) is 1. The van der Waals surface area contributed by atoms with Gasteiger partial charge in [-0.1, -0.05) is 39.0 Å². The number of methoxy groups -OCH3 is 1. The van der Waals surface area contributed by atoms with E-state index in [1.54, 1.807) is 7.11 Å². The summed E-state index contributed by atoms with van der Waals surface area (Å²) in [6.45, 7) is 10.6. The minimum absolute atomic E-state index is 0.231. The summed E-state index contributed by atoms with van der Waals surface area (Å²) < 4.78 is 5.04. The van der Waals surface area contributed by atoms with Gasteiger partial charge in [0.2, 0.25) is 0 Å². The number of rotatable bonds is 8. The molecule has 0 aromatic carbocycles. The molecule has 1 aromatic heterocycles. The van der Waals surface area contributed by atoms with E-state index < -0.39 is 5.97 Å². The van der Waals surface area contributed by atoms with Crippen molar-refractivity contribution < 1.29 is 14.6 Å². The first-order valence-electron chi connectivity index (χ1n) is 6.82. The molecule has 0 aliphatic rings. The van der Waals surface area contributed by atoms with Gasteiger partial charge in [0, 0.05) is 20.2 Å². The quantitative estimate of drug-likeness (QED) is 0.799. The van der Waals surface area contributed by atoms with Gasteiger partial charge in [0.05, 0.1) is 12.3 Å². The average Bonchev–Trinajstić information content (AvgIpc) is 2.71. The summed E-state index contributed by atoms with van der Waals surface area (Å²) in [5.41, 5.74) is 0.512. The normalized spacial score (nSPS) is 11.3. The van der Waals surface area contributed by atoms with Crippen LogP contribution in [-0.4, -0.2) is 36.3 Å². The van der Waals surface area contributed by atoms with Crippen LogP contribution in [0.25, 0.3) is 0 Å². The third-order valence-corrected chi connectivity index (χ3v) is 3.75. The molecule has 0 radical (unpaired) electrons. The zero-order valence-electron chi connectivity index (χ0n) is 12.8. The number of anilines is 1. The second kappa shape index (κ2) is 7.59. The molecule has 0 saturated carbocycles. The van der Waals surface area contributed by atoms with E-state index in [9.17, 15) is 9.90 Å². The van der Waals surface area contributed by atoms with Gasteiger partial charge >= 0.3 is 5.97 Å². The maximum Gasteiger partial charge on any atom is 0.347 e. The standard InChI is InChI=1S/C14H24N2O3S/c1-9(2)6-16(7-10(3)4)14-15-11(8-19-5)12(20-14)13(17)18/h9-10H,6-8H2,1-5H3,(H,17,18). The molecule has 0 atom stereocenters. The molecule has 114 valence electrons. The van der Waals surface area contributed by atoms with Crippen molar-refractivity contribution in [3.63, 3.8) is 0 Å². The number of carbonyl (C=O) groups is 1. The molecule has 0 spiro atoms. The largest absolute Gasteiger partial charge is 0.477 e. The Hall–Kier alpha value is -1.14. The predicted octanol–water partition coefficient (Wildman–Crippen LogP) is 3.11. The first-order chi connectivity index (χ1) is 9.35. The van der Waals surface area contributed by atoms with Crippen molar-refractivity contribution in [3.05, 3.63) is 10.6 Å². The summed E-state index contributed by atoms with van der Waals surface area (Å²) in [6, 6.07) is 0. The molecule has 0 saturated heterocycles. The van der Waals surface area contributed by atoms with Gasteiger partial charge in [0.25, 0.3) is 0 Å². The smallest absolute Gasteiger partial charge is 0.347 e. The molecule has 5 nitrogen and oxygen atoms in total. The second-order valence-corrected chi connectivity index (χ2v) is 6.68. The van der Waals surface area contributed by atoms with Crippen LogP contribution in [0.5, 0.6) is 0 Å². The molecular weight excluding hydrogens is 276 g/mol. The highest BCUT2D eigenvalue weighted by Gasteiger charge is 2.21. The van der Waals surface area contributed by atoms with Gasteiger partial charge in [-0.15, -0.1) is 0 Å². The summed E-state index contributed by atoms with van der Waals surface area (Å²) in [7, 11) is 1.55. The molecule has 6 heteroatoms. The van der Waals surface area contributed by atoms with E-state index in [4.69, 9.17) is 4.74 Å². The average molecular weight is 300 g/mol. The van der Waals surface area contributed by atoms with Gasteiger partial charge in [-0.25, -0.2) is 9.78 Å². The van der Waals surface area contributed by atoms with Gasteiger partial charge in [0.15, 0.2) is 5.13 Å². The third kappa shape index (κ3) is 4.76. The Morgan fingerprint density at radius 1 is 1.30 bits per heavy atom. The third-order valence-electron chi connectivity index (χ3n) is 2.60. The van der Waals surface area contributed by atoms with E-state index in [-0.39, 0.29) is 11.5 Å². The van der Waals surface area contributed by atoms with Crippen molar-refractivity contribution in [2.75, 3.05) is 25.1 Å². The molecule has 0 aliphatic carbocycles. The van der Waals surface area contributed by atoms with E-state index in [2.05, 4.69) is 37.6 Å². The molecule has 0 aliphatic heterocycles. The lowest BCUT2D eigenvalue weighted by atomic mass is 10.1. The highest BCUT2D eigenvalue weighted by atomic mass is 32.1. The van der Waals surface area contributed by atoms with Gasteiger partial charge in [0.1, 0.15) is 4.88 Å². The Bertz CT molecular complexity index is 434. The molecule has 0 amide bonds. The minimum atomic E-state index is -0.935. The topological polar surface area (TPSA) is 62.7 Å². The van der Waals surface area contributed by atoms with Gasteiger partial charge in [-0.05, 0) is 11.8 Å². The number of aromatic nitrogens is 1. The fourth-order valence-corrected chi connectivity index (χ4v) is 2.91. The van der Waals surface area contributed by atoms with Crippen LogP contribution in [0, 0.1) is 11.8 Å². The van der Waals surface area contributed by atoms with E-state index in [0.29, 0.717) is 17.5 Å². The minimum Gasteiger partial charge on any atom is -0.477 e. The van der Waals surface area contributed by atoms with Crippen molar-refractivity contribution in [2.24, 2.45) is 11.8 Å². The van der Waals surface area contributed by atoms with Crippen LogP contribution < -0.4 is 4.90 Å². The van der Waals surface area contributed by atoms with E-state index >= 15 is 0 Å². The molecule has 1 heterocycles. The number of carboxylic acids is 1. The zero-order valence-corrected chi connectivity index (χ0v) is 13.7. The summed E-state index contributed by atoms with van der Waals surface area (Å²) in [5.74, 6) is 0.0588. The second-order valence-electron chi connectivity index (χ2n) is 5.70. The van der Waals surface area contributed by atoms with Crippen LogP contribution in [0.1, 0.15) is 43.1 Å². The lowest BCUT2D eigenvalue weighted by molar-refractivity contribution is 0.0697. The van der Waals surface area contributed by atoms with Crippen LogP contribution in [0.15, 0.2) is 0 Å². The van der Waals surface area contributed by atoms with Gasteiger partial charge in [-0.3, -0.25) is 0 Å². The Kier molecular flexibility index (Phi) is 6.42. The highest BCUT2D eigenvalue weighted by molar-refractivity contribution is 7.17. The number of nitrogens with zero attached hydrogens (tertiary/aromatic N) is 2. The van der Waals surface area contributed by atoms with Crippen LogP contribution >= 0.6 is 11.3 Å². The fourth-order valence-electron chi connectivity index (χ4n) is 1.99. The number of thiazole rings is 1. The number of carboxylic acid groups (broad SMARTS) is 1. The molecule has 0 bridgehead atoms. The fraction of sp³-hybridized carbons (Fsp3) is 0.714. The summed E-state index contributed by atoms with van der Waals surface area (Å²) in [4.78, 5) is 18.2. The van der Waals surface area contributed by atoms with Gasteiger partial charge in [-0.2, -0.15) is 0 Å². The molecule has 20 heavy (non-hydrogen) atoms. The zero-order chi connectivity index (χ0) is 15.3. The van der Waals surface area contributed by atoms with Gasteiger partial charge < -0.3 is 14.7 Å². The van der Waals surface area contributed by atoms with Crippen molar-refractivity contribution in [2.45, 2.75) is 34.3 Å². The summed E-state index contributed by atoms with van der Waals surface area (Å²) >= 11 is 1.23. The SMILES string of the molecule is COCc1nc(N(CC(C)C)CC(C)C)sc1C(=O)O. The maximum absolute atomic E-state index is 11.3. The summed E-state index contributed by atoms with van der Waals surface area (Å²) in [6.07, 6.45) is 0. The molecule has 0 unspecified atom stereocenters.